The lowest BCUT2D eigenvalue weighted by atomic mass is 10.0. The minimum atomic E-state index is -0.416. The fraction of sp³-hybridized carbons (Fsp3) is 0.500. The molecule has 1 amide bonds. The number of rotatable bonds is 5. The summed E-state index contributed by atoms with van der Waals surface area (Å²) in [6.07, 6.45) is 5.25. The minimum absolute atomic E-state index is 0.00489. The van der Waals surface area contributed by atoms with Crippen LogP contribution in [0.15, 0.2) is 35.5 Å². The molecule has 1 aliphatic carbocycles. The van der Waals surface area contributed by atoms with Gasteiger partial charge in [0.1, 0.15) is 0 Å². The number of carbonyl (C=O) groups excluding carboxylic acids is 1. The molecule has 1 heterocycles. The second-order valence-corrected chi connectivity index (χ2v) is 7.08. The third-order valence-corrected chi connectivity index (χ3v) is 5.24. The monoisotopic (exact) mass is 356 g/mol. The SMILES string of the molecule is CCN=C(/C=C\N)c1ccc2c(c1)CCC2NC(=O)C1CC(O)CN1C. The molecule has 6 nitrogen and oxygen atoms in total. The molecule has 6 heteroatoms. The highest BCUT2D eigenvalue weighted by molar-refractivity contribution is 6.08. The van der Waals surface area contributed by atoms with Gasteiger partial charge in [0.25, 0.3) is 0 Å². The molecule has 0 saturated carbocycles. The highest BCUT2D eigenvalue weighted by Crippen LogP contribution is 2.32. The Balaban J connectivity index is 1.74. The lowest BCUT2D eigenvalue weighted by molar-refractivity contribution is -0.125. The Kier molecular flexibility index (Phi) is 5.74. The quantitative estimate of drug-likeness (QED) is 0.690. The topological polar surface area (TPSA) is 90.9 Å². The average molecular weight is 356 g/mol. The highest BCUT2D eigenvalue weighted by atomic mass is 16.3. The number of allylic oxidation sites excluding steroid dienone is 1. The van der Waals surface area contributed by atoms with Gasteiger partial charge in [0, 0.05) is 13.1 Å². The van der Waals surface area contributed by atoms with Crippen LogP contribution in [0.3, 0.4) is 0 Å². The zero-order valence-corrected chi connectivity index (χ0v) is 15.5. The highest BCUT2D eigenvalue weighted by Gasteiger charge is 2.35. The van der Waals surface area contributed by atoms with Crippen LogP contribution in [-0.4, -0.2) is 53.9 Å². The molecule has 1 aromatic carbocycles. The van der Waals surface area contributed by atoms with Crippen molar-refractivity contribution in [2.75, 3.05) is 20.1 Å². The maximum atomic E-state index is 12.6. The number of fused-ring (bicyclic) bond motifs is 1. The number of aliphatic imine (C=N–C) groups is 1. The van der Waals surface area contributed by atoms with Gasteiger partial charge >= 0.3 is 0 Å². The van der Waals surface area contributed by atoms with Gasteiger partial charge in [0.05, 0.1) is 23.9 Å². The first-order chi connectivity index (χ1) is 12.5. The summed E-state index contributed by atoms with van der Waals surface area (Å²) in [5, 5.41) is 12.9. The molecule has 1 aromatic rings. The Labute approximate surface area is 154 Å². The number of aryl methyl sites for hydroxylation is 1. The molecule has 1 aliphatic heterocycles. The van der Waals surface area contributed by atoms with Crippen LogP contribution in [0.1, 0.15) is 42.5 Å². The van der Waals surface area contributed by atoms with Crippen LogP contribution >= 0.6 is 0 Å². The third kappa shape index (κ3) is 3.81. The second-order valence-electron chi connectivity index (χ2n) is 7.08. The predicted octanol–water partition coefficient (Wildman–Crippen LogP) is 1.14. The van der Waals surface area contributed by atoms with Crippen LogP contribution in [0, 0.1) is 0 Å². The number of carbonyl (C=O) groups is 1. The standard InChI is InChI=1S/C20H28N4O2/c1-3-22-17(8-9-21)14-4-6-16-13(10-14)5-7-18(16)23-20(26)19-11-15(25)12-24(19)2/h4,6,8-10,15,18-19,25H,3,5,7,11-12,21H2,1-2H3,(H,23,26)/b9-8-,22-17?. The van der Waals surface area contributed by atoms with Gasteiger partial charge in [0.2, 0.25) is 5.91 Å². The Morgan fingerprint density at radius 2 is 2.31 bits per heavy atom. The number of likely N-dealkylation sites (tertiary alicyclic amines) is 1. The van der Waals surface area contributed by atoms with Crippen LogP contribution in [0.2, 0.25) is 0 Å². The van der Waals surface area contributed by atoms with Crippen molar-refractivity contribution in [2.24, 2.45) is 10.7 Å². The fourth-order valence-electron chi connectivity index (χ4n) is 3.98. The number of likely N-dealkylation sites (N-methyl/N-ethyl adjacent to an activating group) is 1. The van der Waals surface area contributed by atoms with E-state index in [0.29, 0.717) is 19.5 Å². The Morgan fingerprint density at radius 1 is 1.50 bits per heavy atom. The number of aliphatic hydroxyl groups excluding tert-OH is 1. The largest absolute Gasteiger partial charge is 0.405 e. The molecule has 0 radical (unpaired) electrons. The number of hydrogen-bond donors (Lipinski definition) is 3. The molecule has 3 atom stereocenters. The van der Waals surface area contributed by atoms with Crippen LogP contribution < -0.4 is 11.1 Å². The molecule has 0 bridgehead atoms. The van der Waals surface area contributed by atoms with Crippen LogP contribution in [0.4, 0.5) is 0 Å². The van der Waals surface area contributed by atoms with E-state index in [0.717, 1.165) is 24.1 Å². The summed E-state index contributed by atoms with van der Waals surface area (Å²) in [6.45, 7) is 3.26. The summed E-state index contributed by atoms with van der Waals surface area (Å²) in [5.74, 6) is 0.00489. The van der Waals surface area contributed by atoms with E-state index < -0.39 is 6.10 Å². The number of nitrogens with one attached hydrogen (secondary N) is 1. The Bertz CT molecular complexity index is 729. The van der Waals surface area contributed by atoms with Crippen molar-refractivity contribution in [2.45, 2.75) is 44.4 Å². The number of benzene rings is 1. The van der Waals surface area contributed by atoms with Crippen LogP contribution in [-0.2, 0) is 11.2 Å². The van der Waals surface area contributed by atoms with Crippen molar-refractivity contribution < 1.29 is 9.90 Å². The molecule has 140 valence electrons. The molecule has 1 saturated heterocycles. The summed E-state index contributed by atoms with van der Waals surface area (Å²) in [5.41, 5.74) is 9.90. The van der Waals surface area contributed by atoms with E-state index in [9.17, 15) is 9.90 Å². The second kappa shape index (κ2) is 8.01. The summed E-state index contributed by atoms with van der Waals surface area (Å²) in [7, 11) is 1.88. The summed E-state index contributed by atoms with van der Waals surface area (Å²) in [4.78, 5) is 19.0. The van der Waals surface area contributed by atoms with Crippen molar-refractivity contribution in [1.82, 2.24) is 10.2 Å². The number of hydrogen-bond acceptors (Lipinski definition) is 5. The summed E-state index contributed by atoms with van der Waals surface area (Å²) in [6, 6.07) is 6.08. The van der Waals surface area contributed by atoms with Crippen LogP contribution in [0.25, 0.3) is 0 Å². The van der Waals surface area contributed by atoms with Crippen molar-refractivity contribution in [3.63, 3.8) is 0 Å². The van der Waals surface area contributed by atoms with Gasteiger partial charge in [-0.05, 0) is 68.3 Å². The molecule has 4 N–H and O–H groups in total. The summed E-state index contributed by atoms with van der Waals surface area (Å²) < 4.78 is 0. The Hall–Kier alpha value is -2.18. The van der Waals surface area contributed by atoms with E-state index in [-0.39, 0.29) is 18.0 Å². The molecule has 0 spiro atoms. The van der Waals surface area contributed by atoms with Gasteiger partial charge < -0.3 is 16.2 Å². The molecule has 2 aliphatic rings. The average Bonchev–Trinajstić information content (AvgIpc) is 3.17. The van der Waals surface area contributed by atoms with Gasteiger partial charge in [-0.25, -0.2) is 0 Å². The third-order valence-electron chi connectivity index (χ3n) is 5.24. The smallest absolute Gasteiger partial charge is 0.237 e. The van der Waals surface area contributed by atoms with E-state index in [1.54, 1.807) is 0 Å². The normalized spacial score (nSPS) is 26.4. The van der Waals surface area contributed by atoms with E-state index in [2.05, 4.69) is 22.4 Å². The first-order valence-corrected chi connectivity index (χ1v) is 9.28. The van der Waals surface area contributed by atoms with Crippen molar-refractivity contribution in [3.05, 3.63) is 47.2 Å². The zero-order chi connectivity index (χ0) is 18.7. The van der Waals surface area contributed by atoms with Crippen LogP contribution in [0.5, 0.6) is 0 Å². The molecular formula is C20H28N4O2. The molecule has 1 fully saturated rings. The maximum absolute atomic E-state index is 12.6. The predicted molar refractivity (Wildman–Crippen MR) is 103 cm³/mol. The number of nitrogens with two attached hydrogens (primary N) is 1. The van der Waals surface area contributed by atoms with E-state index in [4.69, 9.17) is 5.73 Å². The number of nitrogens with zero attached hydrogens (tertiary/aromatic N) is 2. The van der Waals surface area contributed by atoms with Gasteiger partial charge in [-0.15, -0.1) is 0 Å². The molecular weight excluding hydrogens is 328 g/mol. The minimum Gasteiger partial charge on any atom is -0.405 e. The van der Waals surface area contributed by atoms with Crippen molar-refractivity contribution in [1.29, 1.82) is 0 Å². The van der Waals surface area contributed by atoms with Crippen molar-refractivity contribution in [3.8, 4) is 0 Å². The van der Waals surface area contributed by atoms with Gasteiger partial charge in [-0.1, -0.05) is 12.1 Å². The zero-order valence-electron chi connectivity index (χ0n) is 15.5. The van der Waals surface area contributed by atoms with E-state index in [1.165, 1.54) is 17.3 Å². The molecule has 0 aromatic heterocycles. The first-order valence-electron chi connectivity index (χ1n) is 9.28. The first kappa shape index (κ1) is 18.6. The lowest BCUT2D eigenvalue weighted by Gasteiger charge is -2.22. The number of β-amino-alcohol motifs (C(OH)–C–C–N with tert-alkyl or cyclic N) is 1. The number of amides is 1. The van der Waals surface area contributed by atoms with Gasteiger partial charge in [-0.2, -0.15) is 0 Å². The van der Waals surface area contributed by atoms with E-state index >= 15 is 0 Å². The van der Waals surface area contributed by atoms with E-state index in [1.807, 2.05) is 31.0 Å². The fourth-order valence-corrected chi connectivity index (χ4v) is 3.98. The Morgan fingerprint density at radius 3 is 2.96 bits per heavy atom. The molecule has 26 heavy (non-hydrogen) atoms. The maximum Gasteiger partial charge on any atom is 0.237 e. The lowest BCUT2D eigenvalue weighted by Crippen LogP contribution is -2.42. The number of aliphatic hydroxyl groups is 1. The molecule has 3 rings (SSSR count). The molecule has 3 unspecified atom stereocenters. The van der Waals surface area contributed by atoms with Gasteiger partial charge in [-0.3, -0.25) is 14.7 Å². The van der Waals surface area contributed by atoms with Gasteiger partial charge in [0.15, 0.2) is 0 Å². The van der Waals surface area contributed by atoms with Crippen molar-refractivity contribution >= 4 is 11.6 Å². The summed E-state index contributed by atoms with van der Waals surface area (Å²) >= 11 is 0.